The van der Waals surface area contributed by atoms with E-state index in [2.05, 4.69) is 0 Å². The molecule has 1 aliphatic rings. The number of carbonyl (C=O) groups is 2. The lowest BCUT2D eigenvalue weighted by molar-refractivity contribution is -0.128. The largest absolute Gasteiger partial charge is 0.398 e. The van der Waals surface area contributed by atoms with Gasteiger partial charge < -0.3 is 21.3 Å². The Bertz CT molecular complexity index is 570. The van der Waals surface area contributed by atoms with Gasteiger partial charge in [-0.2, -0.15) is 0 Å². The van der Waals surface area contributed by atoms with Gasteiger partial charge >= 0.3 is 0 Å². The van der Waals surface area contributed by atoms with E-state index in [1.807, 2.05) is 0 Å². The Morgan fingerprint density at radius 2 is 1.95 bits per heavy atom. The van der Waals surface area contributed by atoms with Crippen LogP contribution in [0.3, 0.4) is 0 Å². The lowest BCUT2D eigenvalue weighted by atomic mass is 10.1. The molecular weight excluding hydrogens is 275 g/mol. The van der Waals surface area contributed by atoms with Crippen molar-refractivity contribution in [2.75, 3.05) is 37.3 Å². The molecule has 0 aliphatic carbocycles. The third-order valence-electron chi connectivity index (χ3n) is 3.63. The van der Waals surface area contributed by atoms with Crippen molar-refractivity contribution in [1.29, 1.82) is 0 Å². The van der Waals surface area contributed by atoms with Crippen molar-refractivity contribution in [2.45, 2.75) is 12.8 Å². The summed E-state index contributed by atoms with van der Waals surface area (Å²) in [5.74, 6) is -1.38. The number of benzene rings is 1. The molecule has 0 saturated carbocycles. The number of likely N-dealkylation sites (tertiary alicyclic amines) is 1. The highest BCUT2D eigenvalue weighted by atomic mass is 19.1. The standard InChI is InChI=1S/C14H19FN4O2/c1-18(8-13(20)19-4-2-3-5-19)12-6-9(14(17)21)11(16)7-10(12)15/h6-7H,2-5,8,16H2,1H3,(H2,17,21). The number of amides is 2. The minimum Gasteiger partial charge on any atom is -0.398 e. The second-order valence-electron chi connectivity index (χ2n) is 5.20. The molecule has 1 heterocycles. The van der Waals surface area contributed by atoms with E-state index >= 15 is 0 Å². The van der Waals surface area contributed by atoms with Crippen LogP contribution < -0.4 is 16.4 Å². The lowest BCUT2D eigenvalue weighted by Gasteiger charge is -2.23. The number of carbonyl (C=O) groups excluding carboxylic acids is 2. The molecule has 6 nitrogen and oxygen atoms in total. The van der Waals surface area contributed by atoms with Crippen LogP contribution >= 0.6 is 0 Å². The Kier molecular flexibility index (Phi) is 4.30. The van der Waals surface area contributed by atoms with E-state index in [1.165, 1.54) is 11.0 Å². The highest BCUT2D eigenvalue weighted by molar-refractivity contribution is 5.99. The van der Waals surface area contributed by atoms with Crippen LogP contribution in [0, 0.1) is 5.82 Å². The molecule has 0 radical (unpaired) electrons. The molecule has 0 bridgehead atoms. The first kappa shape index (κ1) is 15.1. The third kappa shape index (κ3) is 3.24. The first-order valence-corrected chi connectivity index (χ1v) is 6.78. The number of nitrogen functional groups attached to an aromatic ring is 1. The molecule has 1 fully saturated rings. The van der Waals surface area contributed by atoms with E-state index in [0.29, 0.717) is 0 Å². The summed E-state index contributed by atoms with van der Waals surface area (Å²) in [5.41, 5.74) is 10.9. The topological polar surface area (TPSA) is 92.7 Å². The van der Waals surface area contributed by atoms with Crippen LogP contribution in [0.2, 0.25) is 0 Å². The fourth-order valence-corrected chi connectivity index (χ4v) is 2.44. The second-order valence-corrected chi connectivity index (χ2v) is 5.20. The molecule has 0 unspecified atom stereocenters. The van der Waals surface area contributed by atoms with Gasteiger partial charge in [-0.25, -0.2) is 4.39 Å². The number of hydrogen-bond acceptors (Lipinski definition) is 4. The van der Waals surface area contributed by atoms with E-state index < -0.39 is 11.7 Å². The van der Waals surface area contributed by atoms with Crippen molar-refractivity contribution in [3.05, 3.63) is 23.5 Å². The fraction of sp³-hybridized carbons (Fsp3) is 0.429. The zero-order valence-corrected chi connectivity index (χ0v) is 11.9. The van der Waals surface area contributed by atoms with Gasteiger partial charge in [0.15, 0.2) is 0 Å². The molecule has 2 amide bonds. The zero-order chi connectivity index (χ0) is 15.6. The Hall–Kier alpha value is -2.31. The van der Waals surface area contributed by atoms with E-state index in [9.17, 15) is 14.0 Å². The van der Waals surface area contributed by atoms with Gasteiger partial charge in [0.25, 0.3) is 5.91 Å². The van der Waals surface area contributed by atoms with Gasteiger partial charge in [-0.05, 0) is 25.0 Å². The maximum absolute atomic E-state index is 14.0. The van der Waals surface area contributed by atoms with Crippen LogP contribution in [0.1, 0.15) is 23.2 Å². The van der Waals surface area contributed by atoms with Crippen LogP contribution in [-0.2, 0) is 4.79 Å². The maximum Gasteiger partial charge on any atom is 0.250 e. The Balaban J connectivity index is 2.18. The monoisotopic (exact) mass is 294 g/mol. The Morgan fingerprint density at radius 1 is 1.33 bits per heavy atom. The second kappa shape index (κ2) is 5.99. The molecule has 7 heteroatoms. The predicted octanol–water partition coefficient (Wildman–Crippen LogP) is 0.565. The molecule has 0 aromatic heterocycles. The highest BCUT2D eigenvalue weighted by Gasteiger charge is 2.21. The number of likely N-dealkylation sites (N-methyl/N-ethyl adjacent to an activating group) is 1. The van der Waals surface area contributed by atoms with Crippen LogP contribution in [0.4, 0.5) is 15.8 Å². The van der Waals surface area contributed by atoms with E-state index in [0.717, 1.165) is 32.0 Å². The average Bonchev–Trinajstić information content (AvgIpc) is 2.91. The summed E-state index contributed by atoms with van der Waals surface area (Å²) in [4.78, 5) is 26.5. The number of nitrogens with zero attached hydrogens (tertiary/aromatic N) is 2. The van der Waals surface area contributed by atoms with Crippen LogP contribution in [0.15, 0.2) is 12.1 Å². The van der Waals surface area contributed by atoms with Crippen LogP contribution in [-0.4, -0.2) is 43.4 Å². The average molecular weight is 294 g/mol. The van der Waals surface area contributed by atoms with E-state index in [4.69, 9.17) is 11.5 Å². The van der Waals surface area contributed by atoms with Gasteiger partial charge in [-0.3, -0.25) is 9.59 Å². The summed E-state index contributed by atoms with van der Waals surface area (Å²) >= 11 is 0. The number of primary amides is 1. The predicted molar refractivity (Wildman–Crippen MR) is 78.4 cm³/mol. The molecule has 4 N–H and O–H groups in total. The molecule has 21 heavy (non-hydrogen) atoms. The summed E-state index contributed by atoms with van der Waals surface area (Å²) in [6.45, 7) is 1.52. The summed E-state index contributed by atoms with van der Waals surface area (Å²) in [6, 6.07) is 2.33. The summed E-state index contributed by atoms with van der Waals surface area (Å²) in [6.07, 6.45) is 2.00. The first-order chi connectivity index (χ1) is 9.90. The van der Waals surface area contributed by atoms with Gasteiger partial charge in [-0.15, -0.1) is 0 Å². The summed E-state index contributed by atoms with van der Waals surface area (Å²) in [7, 11) is 1.59. The molecule has 0 atom stereocenters. The normalized spacial score (nSPS) is 14.3. The molecule has 1 aromatic carbocycles. The molecule has 1 saturated heterocycles. The first-order valence-electron chi connectivity index (χ1n) is 6.78. The maximum atomic E-state index is 14.0. The van der Waals surface area contributed by atoms with Crippen LogP contribution in [0.5, 0.6) is 0 Å². The van der Waals surface area contributed by atoms with Gasteiger partial charge in [0, 0.05) is 25.8 Å². The number of hydrogen-bond donors (Lipinski definition) is 2. The van der Waals surface area contributed by atoms with Gasteiger partial charge in [0.1, 0.15) is 5.82 Å². The molecule has 1 aliphatic heterocycles. The van der Waals surface area contributed by atoms with E-state index in [1.54, 1.807) is 11.9 Å². The number of rotatable bonds is 4. The number of anilines is 2. The van der Waals surface area contributed by atoms with Crippen molar-refractivity contribution in [2.24, 2.45) is 5.73 Å². The smallest absolute Gasteiger partial charge is 0.250 e. The van der Waals surface area contributed by atoms with Gasteiger partial charge in [-0.1, -0.05) is 0 Å². The van der Waals surface area contributed by atoms with Crippen molar-refractivity contribution >= 4 is 23.2 Å². The molecule has 2 rings (SSSR count). The third-order valence-corrected chi connectivity index (χ3v) is 3.63. The van der Waals surface area contributed by atoms with E-state index in [-0.39, 0.29) is 29.4 Å². The quantitative estimate of drug-likeness (QED) is 0.794. The van der Waals surface area contributed by atoms with Gasteiger partial charge in [0.2, 0.25) is 5.91 Å². The lowest BCUT2D eigenvalue weighted by Crippen LogP contribution is -2.37. The van der Waals surface area contributed by atoms with Crippen LogP contribution in [0.25, 0.3) is 0 Å². The van der Waals surface area contributed by atoms with Crippen molar-refractivity contribution in [3.63, 3.8) is 0 Å². The summed E-state index contributed by atoms with van der Waals surface area (Å²) in [5, 5.41) is 0. The van der Waals surface area contributed by atoms with Crippen molar-refractivity contribution < 1.29 is 14.0 Å². The fourth-order valence-electron chi connectivity index (χ4n) is 2.44. The van der Waals surface area contributed by atoms with Crippen molar-refractivity contribution in [3.8, 4) is 0 Å². The Morgan fingerprint density at radius 3 is 2.52 bits per heavy atom. The molecule has 1 aromatic rings. The minimum atomic E-state index is -0.729. The molecule has 114 valence electrons. The highest BCUT2D eigenvalue weighted by Crippen LogP contribution is 2.24. The minimum absolute atomic E-state index is 0.0111. The van der Waals surface area contributed by atoms with Gasteiger partial charge in [0.05, 0.1) is 17.8 Å². The number of halogens is 1. The number of nitrogens with two attached hydrogens (primary N) is 2. The SMILES string of the molecule is CN(CC(=O)N1CCCC1)c1cc(C(N)=O)c(N)cc1F. The molecular formula is C14H19FN4O2. The molecule has 0 spiro atoms. The summed E-state index contributed by atoms with van der Waals surface area (Å²) < 4.78 is 14.0. The Labute approximate surface area is 122 Å². The van der Waals surface area contributed by atoms with Crippen molar-refractivity contribution in [1.82, 2.24) is 4.90 Å². The zero-order valence-electron chi connectivity index (χ0n) is 11.9.